The molecule has 0 radical (unpaired) electrons. The molecule has 0 N–H and O–H groups in total. The molecule has 1 aliphatic rings. The van der Waals surface area contributed by atoms with Crippen LogP contribution >= 0.6 is 22.6 Å². The smallest absolute Gasteiger partial charge is 0.196 e. The van der Waals surface area contributed by atoms with Gasteiger partial charge in [0.25, 0.3) is 0 Å². The van der Waals surface area contributed by atoms with Crippen LogP contribution in [0.1, 0.15) is 70.6 Å². The van der Waals surface area contributed by atoms with Gasteiger partial charge in [-0.05, 0) is 44.3 Å². The van der Waals surface area contributed by atoms with E-state index >= 15 is 0 Å². The maximum absolute atomic E-state index is 6.57. The van der Waals surface area contributed by atoms with Gasteiger partial charge in [-0.25, -0.2) is 4.98 Å². The van der Waals surface area contributed by atoms with Crippen molar-refractivity contribution in [3.05, 3.63) is 33.7 Å². The molecule has 0 aromatic carbocycles. The average molecular weight is 548 g/mol. The summed E-state index contributed by atoms with van der Waals surface area (Å²) in [5, 5.41) is 4.42. The molecule has 1 saturated heterocycles. The molecular weight excluding hydrogens is 513 g/mol. The lowest BCUT2D eigenvalue weighted by molar-refractivity contribution is -0.188. The summed E-state index contributed by atoms with van der Waals surface area (Å²) in [5.41, 5.74) is 0.832. The Morgan fingerprint density at radius 3 is 2.70 bits per heavy atom. The first-order chi connectivity index (χ1) is 14.1. The van der Waals surface area contributed by atoms with Gasteiger partial charge in [0.15, 0.2) is 18.4 Å². The number of aromatic nitrogens is 3. The van der Waals surface area contributed by atoms with E-state index in [1.807, 2.05) is 19.2 Å². The summed E-state index contributed by atoms with van der Waals surface area (Å²) in [7, 11) is -1.93. The van der Waals surface area contributed by atoms with Crippen molar-refractivity contribution in [3.63, 3.8) is 0 Å². The van der Waals surface area contributed by atoms with Crippen LogP contribution in [0.15, 0.2) is 23.0 Å². The first-order valence-electron chi connectivity index (χ1n) is 10.6. The first-order valence-corrected chi connectivity index (χ1v) is 14.6. The lowest BCUT2D eigenvalue weighted by Crippen LogP contribution is -2.42. The molecule has 3 rings (SSSR count). The predicted octanol–water partition coefficient (Wildman–Crippen LogP) is 5.69. The third-order valence-electron chi connectivity index (χ3n) is 6.14. The molecule has 0 bridgehead atoms. The van der Waals surface area contributed by atoms with Gasteiger partial charge in [0, 0.05) is 47.7 Å². The Morgan fingerprint density at radius 1 is 1.33 bits per heavy atom. The molecular formula is C21H34IN3O4Si. The van der Waals surface area contributed by atoms with Gasteiger partial charge in [0.2, 0.25) is 0 Å². The summed E-state index contributed by atoms with van der Waals surface area (Å²) >= 11 is 2.14. The first kappa shape index (κ1) is 23.9. The van der Waals surface area contributed by atoms with Crippen molar-refractivity contribution in [2.24, 2.45) is 0 Å². The highest BCUT2D eigenvalue weighted by Gasteiger charge is 2.38. The van der Waals surface area contributed by atoms with Crippen molar-refractivity contribution >= 4 is 30.9 Å². The van der Waals surface area contributed by atoms with E-state index in [4.69, 9.17) is 18.4 Å². The molecule has 2 aromatic heterocycles. The number of nitrogens with zero attached hydrogens (tertiary/aromatic N) is 3. The van der Waals surface area contributed by atoms with Gasteiger partial charge in [0.05, 0.1) is 6.61 Å². The quantitative estimate of drug-likeness (QED) is 0.312. The average Bonchev–Trinajstić information content (AvgIpc) is 3.31. The Morgan fingerprint density at radius 2 is 2.10 bits per heavy atom. The Kier molecular flexibility index (Phi) is 7.81. The Balaban J connectivity index is 1.83. The zero-order chi connectivity index (χ0) is 21.9. The van der Waals surface area contributed by atoms with Crippen LogP contribution in [0.4, 0.5) is 0 Å². The summed E-state index contributed by atoms with van der Waals surface area (Å²) in [6.45, 7) is 14.5. The second-order valence-electron chi connectivity index (χ2n) is 9.41. The van der Waals surface area contributed by atoms with Crippen LogP contribution in [0, 0.1) is 3.77 Å². The van der Waals surface area contributed by atoms with E-state index in [1.54, 1.807) is 6.20 Å². The molecule has 7 nitrogen and oxygen atoms in total. The van der Waals surface area contributed by atoms with Crippen LogP contribution in [-0.4, -0.2) is 42.5 Å². The third-order valence-corrected chi connectivity index (χ3v) is 11.2. The van der Waals surface area contributed by atoms with Crippen LogP contribution in [-0.2, 0) is 13.9 Å². The summed E-state index contributed by atoms with van der Waals surface area (Å²) in [5.74, 6) is 0.839. The van der Waals surface area contributed by atoms with Crippen molar-refractivity contribution < 1.29 is 18.4 Å². The lowest BCUT2D eigenvalue weighted by Gasteiger charge is -2.37. The predicted molar refractivity (Wildman–Crippen MR) is 126 cm³/mol. The molecule has 168 valence electrons. The van der Waals surface area contributed by atoms with Crippen molar-refractivity contribution in [1.29, 1.82) is 0 Å². The minimum absolute atomic E-state index is 0.127. The monoisotopic (exact) mass is 547 g/mol. The molecule has 9 heteroatoms. The van der Waals surface area contributed by atoms with Gasteiger partial charge in [-0.2, -0.15) is 0 Å². The zero-order valence-corrected chi connectivity index (χ0v) is 22.0. The van der Waals surface area contributed by atoms with E-state index < -0.39 is 8.32 Å². The minimum atomic E-state index is -1.93. The summed E-state index contributed by atoms with van der Waals surface area (Å²) < 4.78 is 26.7. The number of imidazole rings is 1. The number of halogens is 1. The molecule has 30 heavy (non-hydrogen) atoms. The van der Waals surface area contributed by atoms with Gasteiger partial charge < -0.3 is 23.0 Å². The standard InChI is InChI=1S/C21H34IN3O4Si/c1-15(28-19-9-7-8-12-26-19)20-23-10-11-25(20)17(16-13-18(22)29-24-16)14-27-30(5,6)21(2,3)4/h10-11,13,15,17,19H,7-9,12,14H2,1-6H3. The van der Waals surface area contributed by atoms with E-state index in [1.165, 1.54) is 0 Å². The van der Waals surface area contributed by atoms with Gasteiger partial charge >= 0.3 is 0 Å². The minimum Gasteiger partial charge on any atom is -0.414 e. The van der Waals surface area contributed by atoms with Crippen LogP contribution in [0.3, 0.4) is 0 Å². The Hall–Kier alpha value is -0.753. The van der Waals surface area contributed by atoms with Gasteiger partial charge in [-0.1, -0.05) is 25.9 Å². The van der Waals surface area contributed by atoms with Crippen molar-refractivity contribution in [3.8, 4) is 0 Å². The number of hydrogen-bond acceptors (Lipinski definition) is 6. The van der Waals surface area contributed by atoms with Gasteiger partial charge in [-0.15, -0.1) is 0 Å². The molecule has 2 aromatic rings. The highest BCUT2D eigenvalue weighted by molar-refractivity contribution is 14.1. The third kappa shape index (κ3) is 5.73. The largest absolute Gasteiger partial charge is 0.414 e. The topological polar surface area (TPSA) is 71.5 Å². The van der Waals surface area contributed by atoms with E-state index in [-0.39, 0.29) is 23.5 Å². The Bertz CT molecular complexity index is 811. The second-order valence-corrected chi connectivity index (χ2v) is 15.3. The summed E-state index contributed by atoms with van der Waals surface area (Å²) in [6.07, 6.45) is 6.55. The number of hydrogen-bond donors (Lipinski definition) is 0. The number of ether oxygens (including phenoxy) is 2. The Labute approximate surface area is 194 Å². The summed E-state index contributed by atoms with van der Waals surface area (Å²) in [6, 6.07) is 1.82. The fourth-order valence-corrected chi connectivity index (χ4v) is 4.67. The highest BCUT2D eigenvalue weighted by atomic mass is 127. The maximum Gasteiger partial charge on any atom is 0.196 e. The second kappa shape index (κ2) is 9.80. The van der Waals surface area contributed by atoms with Crippen molar-refractivity contribution in [2.45, 2.75) is 83.5 Å². The lowest BCUT2D eigenvalue weighted by atomic mass is 10.2. The molecule has 3 unspecified atom stereocenters. The van der Waals surface area contributed by atoms with E-state index in [0.717, 1.165) is 41.2 Å². The summed E-state index contributed by atoms with van der Waals surface area (Å²) in [4.78, 5) is 4.61. The fraction of sp³-hybridized carbons (Fsp3) is 0.714. The molecule has 3 atom stereocenters. The molecule has 1 aliphatic heterocycles. The molecule has 0 saturated carbocycles. The highest BCUT2D eigenvalue weighted by Crippen LogP contribution is 2.38. The van der Waals surface area contributed by atoms with Crippen LogP contribution in [0.5, 0.6) is 0 Å². The van der Waals surface area contributed by atoms with Crippen molar-refractivity contribution in [1.82, 2.24) is 14.7 Å². The van der Waals surface area contributed by atoms with Crippen LogP contribution in [0.2, 0.25) is 18.1 Å². The molecule has 0 aliphatic carbocycles. The van der Waals surface area contributed by atoms with Gasteiger partial charge in [0.1, 0.15) is 23.7 Å². The fourth-order valence-electron chi connectivity index (χ4n) is 3.24. The van der Waals surface area contributed by atoms with E-state index in [2.05, 4.69) is 71.2 Å². The molecule has 0 amide bonds. The maximum atomic E-state index is 6.57. The van der Waals surface area contributed by atoms with Crippen LogP contribution < -0.4 is 0 Å². The van der Waals surface area contributed by atoms with Crippen LogP contribution in [0.25, 0.3) is 0 Å². The molecule has 0 spiro atoms. The SMILES string of the molecule is CC(OC1CCCCO1)c1nccn1C(CO[Si](C)(C)C(C)(C)C)c1cc(I)on1. The van der Waals surface area contributed by atoms with Crippen molar-refractivity contribution in [2.75, 3.05) is 13.2 Å². The normalized spacial score (nSPS) is 20.3. The van der Waals surface area contributed by atoms with E-state index in [9.17, 15) is 0 Å². The molecule has 1 fully saturated rings. The van der Waals surface area contributed by atoms with E-state index in [0.29, 0.717) is 6.61 Å². The van der Waals surface area contributed by atoms with Gasteiger partial charge in [-0.3, -0.25) is 0 Å². The zero-order valence-electron chi connectivity index (χ0n) is 18.9. The number of rotatable bonds is 8. The molecule has 3 heterocycles.